The molecular formula is C14H22O8. The van der Waals surface area contributed by atoms with Crippen molar-refractivity contribution in [3.63, 3.8) is 0 Å². The van der Waals surface area contributed by atoms with E-state index >= 15 is 0 Å². The third kappa shape index (κ3) is 4.41. The van der Waals surface area contributed by atoms with Gasteiger partial charge in [-0.25, -0.2) is 4.79 Å². The molecule has 1 saturated carbocycles. The topological polar surface area (TPSA) is 119 Å². The van der Waals surface area contributed by atoms with Crippen LogP contribution < -0.4 is 0 Å². The van der Waals surface area contributed by atoms with Gasteiger partial charge in [-0.05, 0) is 12.3 Å². The van der Waals surface area contributed by atoms with E-state index in [1.54, 1.807) is 0 Å². The minimum atomic E-state index is -1.64. The maximum absolute atomic E-state index is 12.0. The van der Waals surface area contributed by atoms with Gasteiger partial charge >= 0.3 is 17.9 Å². The molecule has 8 heteroatoms. The molecule has 1 aliphatic rings. The number of carbonyl (C=O) groups is 3. The number of carbonyl (C=O) groups excluding carboxylic acids is 3. The Hall–Kier alpha value is -1.67. The Morgan fingerprint density at radius 2 is 1.77 bits per heavy atom. The Morgan fingerprint density at radius 3 is 2.27 bits per heavy atom. The Bertz CT molecular complexity index is 435. The van der Waals surface area contributed by atoms with Gasteiger partial charge in [0, 0.05) is 26.7 Å². The van der Waals surface area contributed by atoms with Crippen LogP contribution in [0.2, 0.25) is 0 Å². The average Bonchev–Trinajstić information content (AvgIpc) is 2.42. The van der Waals surface area contributed by atoms with E-state index in [0.29, 0.717) is 0 Å². The van der Waals surface area contributed by atoms with Gasteiger partial charge in [0.2, 0.25) is 5.60 Å². The lowest BCUT2D eigenvalue weighted by Gasteiger charge is -2.42. The minimum Gasteiger partial charge on any atom is -0.466 e. The van der Waals surface area contributed by atoms with E-state index in [9.17, 15) is 24.6 Å². The van der Waals surface area contributed by atoms with Crippen LogP contribution in [0.25, 0.3) is 0 Å². The van der Waals surface area contributed by atoms with E-state index < -0.39 is 41.6 Å². The first kappa shape index (κ1) is 18.4. The van der Waals surface area contributed by atoms with E-state index in [4.69, 9.17) is 9.47 Å². The summed E-state index contributed by atoms with van der Waals surface area (Å²) < 4.78 is 14.6. The van der Waals surface area contributed by atoms with Crippen LogP contribution in [0.3, 0.4) is 0 Å². The van der Waals surface area contributed by atoms with Gasteiger partial charge < -0.3 is 24.4 Å². The van der Waals surface area contributed by atoms with Crippen molar-refractivity contribution in [2.75, 3.05) is 13.7 Å². The Balaban J connectivity index is 2.91. The molecule has 0 aromatic rings. The van der Waals surface area contributed by atoms with Crippen molar-refractivity contribution in [1.29, 1.82) is 0 Å². The molecule has 0 heterocycles. The molecule has 1 rings (SSSR count). The summed E-state index contributed by atoms with van der Waals surface area (Å²) >= 11 is 0. The van der Waals surface area contributed by atoms with Gasteiger partial charge in [0.05, 0.1) is 25.9 Å². The summed E-state index contributed by atoms with van der Waals surface area (Å²) in [5, 5.41) is 20.0. The van der Waals surface area contributed by atoms with Gasteiger partial charge in [-0.15, -0.1) is 0 Å². The van der Waals surface area contributed by atoms with Crippen LogP contribution in [0.15, 0.2) is 0 Å². The fraction of sp³-hybridized carbons (Fsp3) is 0.786. The summed E-state index contributed by atoms with van der Waals surface area (Å²) in [5.74, 6) is -2.52. The zero-order valence-corrected chi connectivity index (χ0v) is 12.9. The highest BCUT2D eigenvalue weighted by atomic mass is 16.6. The first-order valence-electron chi connectivity index (χ1n) is 6.99. The number of hydrogen-bond acceptors (Lipinski definition) is 8. The van der Waals surface area contributed by atoms with Gasteiger partial charge in [-0.1, -0.05) is 0 Å². The molecule has 8 nitrogen and oxygen atoms in total. The van der Waals surface area contributed by atoms with Crippen LogP contribution in [-0.2, 0) is 28.6 Å². The molecule has 0 unspecified atom stereocenters. The fourth-order valence-corrected chi connectivity index (χ4v) is 2.78. The maximum Gasteiger partial charge on any atom is 0.350 e. The molecule has 2 N–H and O–H groups in total. The van der Waals surface area contributed by atoms with Gasteiger partial charge in [-0.3, -0.25) is 9.59 Å². The van der Waals surface area contributed by atoms with Gasteiger partial charge in [0.1, 0.15) is 0 Å². The summed E-state index contributed by atoms with van der Waals surface area (Å²) in [7, 11) is 1.15. The summed E-state index contributed by atoms with van der Waals surface area (Å²) in [6.45, 7) is 2.43. The zero-order chi connectivity index (χ0) is 16.9. The molecule has 0 radical (unpaired) electrons. The van der Waals surface area contributed by atoms with Crippen molar-refractivity contribution in [2.45, 2.75) is 50.9 Å². The third-order valence-electron chi connectivity index (χ3n) is 3.70. The van der Waals surface area contributed by atoms with E-state index in [2.05, 4.69) is 4.74 Å². The van der Waals surface area contributed by atoms with Crippen molar-refractivity contribution >= 4 is 17.9 Å². The molecule has 0 aliphatic heterocycles. The number of ether oxygens (including phenoxy) is 3. The molecule has 0 aromatic heterocycles. The highest BCUT2D eigenvalue weighted by Crippen LogP contribution is 2.38. The molecular weight excluding hydrogens is 296 g/mol. The molecule has 0 aromatic carbocycles. The van der Waals surface area contributed by atoms with Gasteiger partial charge in [0.25, 0.3) is 0 Å². The second kappa shape index (κ2) is 7.55. The van der Waals surface area contributed by atoms with Crippen LogP contribution in [-0.4, -0.2) is 59.6 Å². The largest absolute Gasteiger partial charge is 0.466 e. The number of aliphatic hydroxyl groups is 2. The Morgan fingerprint density at radius 1 is 1.14 bits per heavy atom. The summed E-state index contributed by atoms with van der Waals surface area (Å²) in [6, 6.07) is 0. The highest BCUT2D eigenvalue weighted by Gasteiger charge is 2.53. The lowest BCUT2D eigenvalue weighted by atomic mass is 9.73. The minimum absolute atomic E-state index is 0.0151. The molecule has 1 aliphatic carbocycles. The molecule has 1 fully saturated rings. The predicted octanol–water partition coefficient (Wildman–Crippen LogP) is -0.454. The van der Waals surface area contributed by atoms with Crippen molar-refractivity contribution in [3.8, 4) is 0 Å². The Labute approximate surface area is 128 Å². The lowest BCUT2D eigenvalue weighted by molar-refractivity contribution is -0.199. The number of aliphatic hydroxyl groups excluding tert-OH is 2. The summed E-state index contributed by atoms with van der Waals surface area (Å²) in [5.41, 5.74) is -1.64. The molecule has 0 saturated heterocycles. The number of methoxy groups -OCH3 is 1. The zero-order valence-electron chi connectivity index (χ0n) is 12.9. The van der Waals surface area contributed by atoms with Crippen LogP contribution in [0.1, 0.15) is 33.1 Å². The van der Waals surface area contributed by atoms with Crippen LogP contribution in [0.5, 0.6) is 0 Å². The molecule has 0 amide bonds. The second-order valence-corrected chi connectivity index (χ2v) is 5.43. The number of hydrogen-bond donors (Lipinski definition) is 2. The smallest absolute Gasteiger partial charge is 0.350 e. The van der Waals surface area contributed by atoms with Crippen molar-refractivity contribution in [2.24, 2.45) is 5.92 Å². The SMILES string of the molecule is COC(=O)[C@]1(OC(C)=O)C[C@H](CCOC(C)=O)[C@@H](O)[C@H](O)C1. The molecule has 22 heavy (non-hydrogen) atoms. The lowest BCUT2D eigenvalue weighted by Crippen LogP contribution is -2.56. The van der Waals surface area contributed by atoms with Crippen LogP contribution in [0, 0.1) is 5.92 Å². The molecule has 0 bridgehead atoms. The fourth-order valence-electron chi connectivity index (χ4n) is 2.78. The summed E-state index contributed by atoms with van der Waals surface area (Å²) in [6.07, 6.45) is -2.40. The quantitative estimate of drug-likeness (QED) is 0.516. The molecule has 4 atom stereocenters. The first-order chi connectivity index (χ1) is 10.2. The van der Waals surface area contributed by atoms with Gasteiger partial charge in [-0.2, -0.15) is 0 Å². The standard InChI is InChI=1S/C14H22O8/c1-8(15)21-5-4-10-6-14(13(19)20-3,22-9(2)16)7-11(17)12(10)18/h10-12,17-18H,4-7H2,1-3H3/t10-,11+,12+,14-/m0/s1. The third-order valence-corrected chi connectivity index (χ3v) is 3.70. The van der Waals surface area contributed by atoms with Crippen molar-refractivity contribution in [1.82, 2.24) is 0 Å². The van der Waals surface area contributed by atoms with Gasteiger partial charge in [0.15, 0.2) is 0 Å². The molecule has 0 spiro atoms. The maximum atomic E-state index is 12.0. The van der Waals surface area contributed by atoms with E-state index in [1.807, 2.05) is 0 Å². The van der Waals surface area contributed by atoms with Crippen LogP contribution >= 0.6 is 0 Å². The number of esters is 3. The predicted molar refractivity (Wildman–Crippen MR) is 72.5 cm³/mol. The number of rotatable bonds is 5. The van der Waals surface area contributed by atoms with E-state index in [-0.39, 0.29) is 25.9 Å². The van der Waals surface area contributed by atoms with Crippen molar-refractivity contribution in [3.05, 3.63) is 0 Å². The Kier molecular flexibility index (Phi) is 6.31. The van der Waals surface area contributed by atoms with Crippen molar-refractivity contribution < 1.29 is 38.8 Å². The second-order valence-electron chi connectivity index (χ2n) is 5.43. The summed E-state index contributed by atoms with van der Waals surface area (Å²) in [4.78, 5) is 34.1. The normalized spacial score (nSPS) is 31.2. The first-order valence-corrected chi connectivity index (χ1v) is 6.99. The highest BCUT2D eigenvalue weighted by molar-refractivity contribution is 5.83. The van der Waals surface area contributed by atoms with Crippen LogP contribution in [0.4, 0.5) is 0 Å². The average molecular weight is 318 g/mol. The van der Waals surface area contributed by atoms with E-state index in [1.165, 1.54) is 6.92 Å². The monoisotopic (exact) mass is 318 g/mol. The molecule has 126 valence electrons. The van der Waals surface area contributed by atoms with E-state index in [0.717, 1.165) is 14.0 Å².